The van der Waals surface area contributed by atoms with Gasteiger partial charge in [0.1, 0.15) is 0 Å². The molecule has 2 rings (SSSR count). The molecule has 0 fully saturated rings. The fourth-order valence-corrected chi connectivity index (χ4v) is 2.45. The molecule has 0 saturated heterocycles. The van der Waals surface area contributed by atoms with Crippen LogP contribution in [0.1, 0.15) is 13.3 Å². The molecule has 100 valence electrons. The molecule has 1 heterocycles. The van der Waals surface area contributed by atoms with E-state index in [1.807, 2.05) is 31.2 Å². The van der Waals surface area contributed by atoms with Gasteiger partial charge in [0.05, 0.1) is 0 Å². The van der Waals surface area contributed by atoms with Crippen molar-refractivity contribution in [2.45, 2.75) is 19.9 Å². The van der Waals surface area contributed by atoms with E-state index in [9.17, 15) is 4.79 Å². The third-order valence-electron chi connectivity index (χ3n) is 2.65. The van der Waals surface area contributed by atoms with Gasteiger partial charge in [-0.15, -0.1) is 5.10 Å². The summed E-state index contributed by atoms with van der Waals surface area (Å²) < 4.78 is 2.72. The maximum Gasteiger partial charge on any atom is 0.303 e. The number of carboxylic acid groups (broad SMARTS) is 1. The number of halogens is 1. The van der Waals surface area contributed by atoms with Crippen LogP contribution in [0.5, 0.6) is 0 Å². The Morgan fingerprint density at radius 2 is 2.21 bits per heavy atom. The van der Waals surface area contributed by atoms with Crippen molar-refractivity contribution in [3.8, 4) is 11.4 Å². The minimum Gasteiger partial charge on any atom is -0.481 e. The minimum absolute atomic E-state index is 0.0267. The number of benzene rings is 1. The molecule has 0 spiro atoms. The van der Waals surface area contributed by atoms with Crippen LogP contribution < -0.4 is 0 Å². The lowest BCUT2D eigenvalue weighted by Crippen LogP contribution is -2.14. The highest BCUT2D eigenvalue weighted by Crippen LogP contribution is 2.23. The average Bonchev–Trinajstić information content (AvgIpc) is 2.76. The third kappa shape index (κ3) is 3.49. The van der Waals surface area contributed by atoms with Gasteiger partial charge in [0.25, 0.3) is 0 Å². The molecule has 1 N–H and O–H groups in total. The van der Waals surface area contributed by atoms with Crippen LogP contribution in [0.25, 0.3) is 11.4 Å². The molecule has 2 aromatic rings. The van der Waals surface area contributed by atoms with Crippen molar-refractivity contribution in [2.24, 2.45) is 5.92 Å². The van der Waals surface area contributed by atoms with Crippen LogP contribution in [0, 0.1) is 9.49 Å². The number of nitrogens with zero attached hydrogens (tertiary/aromatic N) is 4. The maximum absolute atomic E-state index is 10.7. The van der Waals surface area contributed by atoms with E-state index in [-0.39, 0.29) is 12.3 Å². The van der Waals surface area contributed by atoms with Gasteiger partial charge in [-0.3, -0.25) is 4.79 Å². The fraction of sp³-hybridized carbons (Fsp3) is 0.333. The number of hydrogen-bond donors (Lipinski definition) is 1. The van der Waals surface area contributed by atoms with Gasteiger partial charge < -0.3 is 5.11 Å². The Balaban J connectivity index is 2.23. The SMILES string of the molecule is CC(CC(=O)O)Cn1nnnc1-c1ccccc1I. The summed E-state index contributed by atoms with van der Waals surface area (Å²) in [6.07, 6.45) is 0.102. The van der Waals surface area contributed by atoms with E-state index in [1.165, 1.54) is 0 Å². The first-order valence-corrected chi connectivity index (χ1v) is 6.88. The maximum atomic E-state index is 10.7. The zero-order chi connectivity index (χ0) is 13.8. The number of hydrogen-bond acceptors (Lipinski definition) is 4. The zero-order valence-corrected chi connectivity index (χ0v) is 12.5. The zero-order valence-electron chi connectivity index (χ0n) is 10.3. The Morgan fingerprint density at radius 1 is 1.47 bits per heavy atom. The lowest BCUT2D eigenvalue weighted by Gasteiger charge is -2.10. The van der Waals surface area contributed by atoms with Gasteiger partial charge in [-0.2, -0.15) is 0 Å². The molecule has 0 aliphatic carbocycles. The molecule has 0 amide bonds. The van der Waals surface area contributed by atoms with E-state index in [4.69, 9.17) is 5.11 Å². The highest BCUT2D eigenvalue weighted by atomic mass is 127. The number of rotatable bonds is 5. The number of carboxylic acids is 1. The molecule has 19 heavy (non-hydrogen) atoms. The Labute approximate surface area is 124 Å². The predicted molar refractivity (Wildman–Crippen MR) is 77.4 cm³/mol. The van der Waals surface area contributed by atoms with Gasteiger partial charge >= 0.3 is 5.97 Å². The average molecular weight is 372 g/mol. The van der Waals surface area contributed by atoms with Gasteiger partial charge in [0.15, 0.2) is 5.82 Å². The highest BCUT2D eigenvalue weighted by molar-refractivity contribution is 14.1. The first kappa shape index (κ1) is 13.9. The largest absolute Gasteiger partial charge is 0.481 e. The van der Waals surface area contributed by atoms with Crippen LogP contribution in [0.4, 0.5) is 0 Å². The smallest absolute Gasteiger partial charge is 0.303 e. The highest BCUT2D eigenvalue weighted by Gasteiger charge is 2.15. The summed E-state index contributed by atoms with van der Waals surface area (Å²) in [6, 6.07) is 7.81. The Bertz CT molecular complexity index is 585. The first-order valence-electron chi connectivity index (χ1n) is 5.80. The minimum atomic E-state index is -0.809. The van der Waals surface area contributed by atoms with Gasteiger partial charge in [0, 0.05) is 22.1 Å². The van der Waals surface area contributed by atoms with E-state index in [1.54, 1.807) is 4.68 Å². The van der Waals surface area contributed by atoms with Crippen molar-refractivity contribution < 1.29 is 9.90 Å². The molecule has 0 bridgehead atoms. The Hall–Kier alpha value is -1.51. The fourth-order valence-electron chi connectivity index (χ4n) is 1.82. The molecule has 1 aromatic carbocycles. The quantitative estimate of drug-likeness (QED) is 0.813. The van der Waals surface area contributed by atoms with Crippen molar-refractivity contribution in [3.63, 3.8) is 0 Å². The summed E-state index contributed by atoms with van der Waals surface area (Å²) in [5.41, 5.74) is 0.954. The Morgan fingerprint density at radius 3 is 2.89 bits per heavy atom. The summed E-state index contributed by atoms with van der Waals surface area (Å²) in [5, 5.41) is 20.4. The molecule has 1 unspecified atom stereocenters. The molecule has 1 aromatic heterocycles. The van der Waals surface area contributed by atoms with Gasteiger partial charge in [-0.05, 0) is 45.0 Å². The molecule has 6 nitrogen and oxygen atoms in total. The van der Waals surface area contributed by atoms with Crippen LogP contribution in [0.15, 0.2) is 24.3 Å². The van der Waals surface area contributed by atoms with Crippen molar-refractivity contribution in [3.05, 3.63) is 27.8 Å². The molecule has 0 aliphatic rings. The predicted octanol–water partition coefficient (Wildman–Crippen LogP) is 2.06. The number of carbonyl (C=O) groups is 1. The van der Waals surface area contributed by atoms with E-state index in [0.717, 1.165) is 9.13 Å². The molecule has 0 saturated carbocycles. The number of aliphatic carboxylic acids is 1. The van der Waals surface area contributed by atoms with Crippen LogP contribution in [-0.2, 0) is 11.3 Å². The standard InChI is InChI=1S/C12H13IN4O2/c1-8(6-11(18)19)7-17-12(14-15-16-17)9-4-2-3-5-10(9)13/h2-5,8H,6-7H2,1H3,(H,18,19). The van der Waals surface area contributed by atoms with Crippen molar-refractivity contribution in [1.82, 2.24) is 20.2 Å². The lowest BCUT2D eigenvalue weighted by atomic mass is 10.1. The molecular weight excluding hydrogens is 359 g/mol. The van der Waals surface area contributed by atoms with Crippen LogP contribution >= 0.6 is 22.6 Å². The molecule has 0 radical (unpaired) electrons. The van der Waals surface area contributed by atoms with E-state index in [2.05, 4.69) is 38.1 Å². The second kappa shape index (κ2) is 6.09. The van der Waals surface area contributed by atoms with Crippen LogP contribution in [0.2, 0.25) is 0 Å². The summed E-state index contributed by atoms with van der Waals surface area (Å²) >= 11 is 2.23. The lowest BCUT2D eigenvalue weighted by molar-refractivity contribution is -0.138. The monoisotopic (exact) mass is 372 g/mol. The van der Waals surface area contributed by atoms with E-state index < -0.39 is 5.97 Å². The third-order valence-corrected chi connectivity index (χ3v) is 3.60. The summed E-state index contributed by atoms with van der Waals surface area (Å²) in [7, 11) is 0. The Kier molecular flexibility index (Phi) is 4.46. The summed E-state index contributed by atoms with van der Waals surface area (Å²) in [4.78, 5) is 10.7. The van der Waals surface area contributed by atoms with Gasteiger partial charge in [-0.25, -0.2) is 4.68 Å². The van der Waals surface area contributed by atoms with E-state index in [0.29, 0.717) is 12.4 Å². The normalized spacial score (nSPS) is 12.3. The molecular formula is C12H13IN4O2. The molecule has 7 heteroatoms. The topological polar surface area (TPSA) is 80.9 Å². The van der Waals surface area contributed by atoms with E-state index >= 15 is 0 Å². The van der Waals surface area contributed by atoms with Crippen molar-refractivity contribution in [2.75, 3.05) is 0 Å². The summed E-state index contributed by atoms with van der Waals surface area (Å²) in [6.45, 7) is 2.36. The first-order chi connectivity index (χ1) is 9.08. The number of aromatic nitrogens is 4. The van der Waals surface area contributed by atoms with Crippen LogP contribution in [-0.4, -0.2) is 31.3 Å². The van der Waals surface area contributed by atoms with Crippen molar-refractivity contribution in [1.29, 1.82) is 0 Å². The summed E-state index contributed by atoms with van der Waals surface area (Å²) in [5.74, 6) is -0.167. The van der Waals surface area contributed by atoms with Gasteiger partial charge in [-0.1, -0.05) is 25.1 Å². The van der Waals surface area contributed by atoms with Gasteiger partial charge in [0.2, 0.25) is 0 Å². The van der Waals surface area contributed by atoms with Crippen LogP contribution in [0.3, 0.4) is 0 Å². The number of tetrazole rings is 1. The molecule has 1 atom stereocenters. The molecule has 0 aliphatic heterocycles. The second-order valence-corrected chi connectivity index (χ2v) is 5.53. The van der Waals surface area contributed by atoms with Crippen molar-refractivity contribution >= 4 is 28.6 Å². The second-order valence-electron chi connectivity index (χ2n) is 4.37.